The summed E-state index contributed by atoms with van der Waals surface area (Å²) in [5, 5.41) is 27.1. The van der Waals surface area contributed by atoms with Gasteiger partial charge in [0.2, 0.25) is 0 Å². The summed E-state index contributed by atoms with van der Waals surface area (Å²) in [6.45, 7) is 4.42. The molecule has 0 radical (unpaired) electrons. The first-order valence-electron chi connectivity index (χ1n) is 21.3. The van der Waals surface area contributed by atoms with E-state index in [-0.39, 0.29) is 0 Å². The van der Waals surface area contributed by atoms with Crippen LogP contribution in [-0.2, 0) is 0 Å². The zero-order valence-electron chi connectivity index (χ0n) is 33.2. The smallest absolute Gasteiger partial charge is 0.000740 e. The van der Waals surface area contributed by atoms with Gasteiger partial charge in [-0.2, -0.15) is 0 Å². The molecule has 0 amide bonds. The van der Waals surface area contributed by atoms with Crippen molar-refractivity contribution in [2.45, 2.75) is 13.8 Å². The molecule has 0 atom stereocenters. The van der Waals surface area contributed by atoms with Gasteiger partial charge in [-0.15, -0.1) is 0 Å². The minimum Gasteiger partial charge on any atom is -0.0616 e. The van der Waals surface area contributed by atoms with Crippen LogP contribution < -0.4 is 0 Å². The van der Waals surface area contributed by atoms with Gasteiger partial charge in [0, 0.05) is 0 Å². The first-order chi connectivity index (χ1) is 29.6. The molecule has 0 spiro atoms. The van der Waals surface area contributed by atoms with Gasteiger partial charge < -0.3 is 0 Å². The van der Waals surface area contributed by atoms with Crippen molar-refractivity contribution < 1.29 is 0 Å². The van der Waals surface area contributed by atoms with Crippen LogP contribution in [0.1, 0.15) is 11.1 Å². The molecular weight excluding hydrogens is 721 g/mol. The molecule has 0 saturated heterocycles. The van der Waals surface area contributed by atoms with E-state index >= 15 is 0 Å². The van der Waals surface area contributed by atoms with Crippen molar-refractivity contribution in [3.63, 3.8) is 0 Å². The van der Waals surface area contributed by atoms with Crippen LogP contribution in [-0.4, -0.2) is 0 Å². The topological polar surface area (TPSA) is 0 Å². The molecule has 14 aromatic rings. The van der Waals surface area contributed by atoms with Gasteiger partial charge in [-0.3, -0.25) is 0 Å². The van der Waals surface area contributed by atoms with Crippen LogP contribution in [0, 0.1) is 13.8 Å². The largest absolute Gasteiger partial charge is 0.0616 e. The maximum absolute atomic E-state index is 2.49. The highest BCUT2D eigenvalue weighted by molar-refractivity contribution is 6.45. The van der Waals surface area contributed by atoms with Crippen molar-refractivity contribution in [3.8, 4) is 44.5 Å². The normalized spacial score (nSPS) is 12.8. The zero-order valence-corrected chi connectivity index (χ0v) is 33.2. The Morgan fingerprint density at radius 1 is 0.233 bits per heavy atom. The highest BCUT2D eigenvalue weighted by Crippen LogP contribution is 2.60. The molecule has 0 bridgehead atoms. The van der Waals surface area contributed by atoms with Crippen molar-refractivity contribution in [1.29, 1.82) is 0 Å². The zero-order chi connectivity index (χ0) is 39.1. The Hall–Kier alpha value is -7.54. The average Bonchev–Trinajstić information content (AvgIpc) is 3.90. The summed E-state index contributed by atoms with van der Waals surface area (Å²) in [5.74, 6) is 0. The lowest BCUT2D eigenvalue weighted by Gasteiger charge is -2.21. The highest BCUT2D eigenvalue weighted by Gasteiger charge is 2.32. The molecule has 0 heterocycles. The summed E-state index contributed by atoms with van der Waals surface area (Å²) in [4.78, 5) is 0. The van der Waals surface area contributed by atoms with Crippen LogP contribution in [0.3, 0.4) is 0 Å². The Labute approximate surface area is 345 Å². The van der Waals surface area contributed by atoms with Gasteiger partial charge in [-0.05, 0) is 178 Å². The highest BCUT2D eigenvalue weighted by atomic mass is 14.3. The fourth-order valence-corrected chi connectivity index (χ4v) is 12.2. The van der Waals surface area contributed by atoms with E-state index in [1.54, 1.807) is 0 Å². The average molecular weight is 755 g/mol. The summed E-state index contributed by atoms with van der Waals surface area (Å²) in [7, 11) is 0. The van der Waals surface area contributed by atoms with Gasteiger partial charge in [0.1, 0.15) is 0 Å². The second-order valence-corrected chi connectivity index (χ2v) is 17.6. The van der Waals surface area contributed by atoms with Gasteiger partial charge >= 0.3 is 0 Å². The number of aryl methyl sites for hydroxylation is 2. The van der Waals surface area contributed by atoms with Crippen LogP contribution in [0.2, 0.25) is 0 Å². The maximum atomic E-state index is 2.49. The molecular formula is C60H34. The lowest BCUT2D eigenvalue weighted by atomic mass is 9.82. The summed E-state index contributed by atoms with van der Waals surface area (Å²) >= 11 is 0. The standard InChI is InChI=1S/C60H34/c1-31-9-5-13-34(27-31)53-36-15-3-4-16-37(36)54(35-14-6-10-32(2)28-35)60-47-26-24-43-41-20-22-45-51-30-49-39-18-8-12-33-11-7-17-38(52(33)39)48(49)29-50(51)44-21-19-40(55(41)57(44)45)42-23-25-46(59(53)60)58(47)56(42)43/h3-30H,1-2H3. The Morgan fingerprint density at radius 2 is 0.600 bits per heavy atom. The van der Waals surface area contributed by atoms with Gasteiger partial charge in [0.25, 0.3) is 0 Å². The third kappa shape index (κ3) is 3.67. The van der Waals surface area contributed by atoms with Crippen molar-refractivity contribution in [2.75, 3.05) is 0 Å². The molecule has 14 aromatic carbocycles. The molecule has 0 saturated carbocycles. The van der Waals surface area contributed by atoms with E-state index in [2.05, 4.69) is 184 Å². The number of hydrogen-bond acceptors (Lipinski definition) is 0. The minimum absolute atomic E-state index is 1.27. The van der Waals surface area contributed by atoms with Crippen LogP contribution in [0.25, 0.3) is 152 Å². The molecule has 274 valence electrons. The molecule has 0 N–H and O–H groups in total. The lowest BCUT2D eigenvalue weighted by molar-refractivity contribution is 1.47. The second-order valence-electron chi connectivity index (χ2n) is 17.6. The summed E-state index contributed by atoms with van der Waals surface area (Å²) < 4.78 is 0. The Morgan fingerprint density at radius 3 is 1.05 bits per heavy atom. The van der Waals surface area contributed by atoms with Gasteiger partial charge in [-0.25, -0.2) is 0 Å². The third-order valence-electron chi connectivity index (χ3n) is 14.5. The SMILES string of the molecule is Cc1cccc(-c2c3c(c(-c4cccc(C)c4)c4ccccc24)-c2ccc4c5ccc6c7cc8c(cc7c7ccc(c9ccc-3c2c94)c5c76)c2cccc3cccc8c32)c1. The Balaban J connectivity index is 1.08. The number of fused-ring (bicyclic) bond motifs is 12. The minimum atomic E-state index is 1.27. The fourth-order valence-electron chi connectivity index (χ4n) is 12.2. The van der Waals surface area contributed by atoms with Crippen LogP contribution in [0.5, 0.6) is 0 Å². The monoisotopic (exact) mass is 754 g/mol. The molecule has 0 heteroatoms. The quantitative estimate of drug-likeness (QED) is 0.122. The summed E-state index contributed by atoms with van der Waals surface area (Å²) in [5.41, 5.74) is 13.1. The Kier molecular flexibility index (Phi) is 5.63. The molecule has 1 aliphatic carbocycles. The van der Waals surface area contributed by atoms with Crippen molar-refractivity contribution in [3.05, 3.63) is 181 Å². The van der Waals surface area contributed by atoms with Crippen molar-refractivity contribution in [1.82, 2.24) is 0 Å². The van der Waals surface area contributed by atoms with E-state index in [9.17, 15) is 0 Å². The molecule has 0 aromatic heterocycles. The van der Waals surface area contributed by atoms with E-state index in [1.807, 2.05) is 0 Å². The summed E-state index contributed by atoms with van der Waals surface area (Å²) in [6, 6.07) is 65.4. The molecule has 1 aliphatic rings. The van der Waals surface area contributed by atoms with Crippen LogP contribution in [0.15, 0.2) is 170 Å². The van der Waals surface area contributed by atoms with Crippen LogP contribution >= 0.6 is 0 Å². The number of benzene rings is 12. The van der Waals surface area contributed by atoms with Crippen LogP contribution in [0.4, 0.5) is 0 Å². The predicted molar refractivity (Wildman–Crippen MR) is 260 cm³/mol. The molecule has 15 rings (SSSR count). The summed E-state index contributed by atoms with van der Waals surface area (Å²) in [6.07, 6.45) is 0. The maximum Gasteiger partial charge on any atom is -0.000740 e. The van der Waals surface area contributed by atoms with E-state index in [4.69, 9.17) is 0 Å². The first-order valence-corrected chi connectivity index (χ1v) is 21.3. The van der Waals surface area contributed by atoms with E-state index < -0.39 is 0 Å². The van der Waals surface area contributed by atoms with E-state index in [0.29, 0.717) is 0 Å². The molecule has 60 heavy (non-hydrogen) atoms. The van der Waals surface area contributed by atoms with Gasteiger partial charge in [0.15, 0.2) is 0 Å². The number of rotatable bonds is 2. The molecule has 0 aliphatic heterocycles. The lowest BCUT2D eigenvalue weighted by Crippen LogP contribution is -1.94. The second kappa shape index (κ2) is 10.7. The van der Waals surface area contributed by atoms with E-state index in [0.717, 1.165) is 0 Å². The van der Waals surface area contributed by atoms with Crippen molar-refractivity contribution in [2.24, 2.45) is 0 Å². The van der Waals surface area contributed by atoms with Gasteiger partial charge in [-0.1, -0.05) is 169 Å². The molecule has 0 fully saturated rings. The number of hydrogen-bond donors (Lipinski definition) is 0. The Bertz CT molecular complexity index is 3980. The van der Waals surface area contributed by atoms with E-state index in [1.165, 1.54) is 163 Å². The molecule has 0 unspecified atom stereocenters. The van der Waals surface area contributed by atoms with Gasteiger partial charge in [0.05, 0.1) is 0 Å². The molecule has 0 nitrogen and oxygen atoms in total. The van der Waals surface area contributed by atoms with Crippen molar-refractivity contribution >= 4 is 108 Å². The first kappa shape index (κ1) is 31.5. The fraction of sp³-hybridized carbons (Fsp3) is 0.0333. The predicted octanol–water partition coefficient (Wildman–Crippen LogP) is 17.1. The third-order valence-corrected chi connectivity index (χ3v) is 14.5.